The van der Waals surface area contributed by atoms with Crippen LogP contribution in [0.3, 0.4) is 0 Å². The van der Waals surface area contributed by atoms with Crippen molar-refractivity contribution in [3.05, 3.63) is 40.9 Å². The zero-order chi connectivity index (χ0) is 14.5. The molecule has 0 aliphatic carbocycles. The average Bonchev–Trinajstić information content (AvgIpc) is 2.42. The normalized spacial score (nSPS) is 10.3. The predicted octanol–water partition coefficient (Wildman–Crippen LogP) is 4.21. The van der Waals surface area contributed by atoms with Gasteiger partial charge in [-0.25, -0.2) is 0 Å². The molecule has 4 nitrogen and oxygen atoms in total. The lowest BCUT2D eigenvalue weighted by Crippen LogP contribution is -2.02. The van der Waals surface area contributed by atoms with Crippen LogP contribution in [0, 0.1) is 6.92 Å². The highest BCUT2D eigenvalue weighted by atomic mass is 35.5. The highest BCUT2D eigenvalue weighted by Gasteiger charge is 2.08. The van der Waals surface area contributed by atoms with Crippen LogP contribution in [0.5, 0.6) is 17.5 Å². The molecule has 0 aliphatic heterocycles. The first-order valence-electron chi connectivity index (χ1n) is 6.43. The van der Waals surface area contributed by atoms with Gasteiger partial charge in [0.15, 0.2) is 0 Å². The number of pyridine rings is 1. The van der Waals surface area contributed by atoms with Crippen molar-refractivity contribution in [2.45, 2.75) is 20.3 Å². The van der Waals surface area contributed by atoms with E-state index in [0.717, 1.165) is 12.0 Å². The summed E-state index contributed by atoms with van der Waals surface area (Å²) in [5.74, 6) is 1.33. The molecule has 0 aliphatic rings. The fourth-order valence-electron chi connectivity index (χ4n) is 1.61. The summed E-state index contributed by atoms with van der Waals surface area (Å²) >= 11 is 6.13. The highest BCUT2D eigenvalue weighted by Crippen LogP contribution is 2.31. The fraction of sp³-hybridized carbons (Fsp3) is 0.267. The summed E-state index contributed by atoms with van der Waals surface area (Å²) in [5.41, 5.74) is 7.36. The Morgan fingerprint density at radius 1 is 1.25 bits per heavy atom. The lowest BCUT2D eigenvalue weighted by molar-refractivity contribution is 0.302. The number of nitrogens with two attached hydrogens (primary N) is 1. The summed E-state index contributed by atoms with van der Waals surface area (Å²) in [4.78, 5) is 4.24. The Bertz CT molecular complexity index is 602. The highest BCUT2D eigenvalue weighted by molar-refractivity contribution is 6.32. The predicted molar refractivity (Wildman–Crippen MR) is 80.7 cm³/mol. The maximum atomic E-state index is 6.13. The molecule has 0 bridgehead atoms. The molecule has 0 saturated heterocycles. The fourth-order valence-corrected chi connectivity index (χ4v) is 1.88. The minimum absolute atomic E-state index is 0.382. The second-order valence-corrected chi connectivity index (χ2v) is 4.84. The molecular formula is C15H17ClN2O2. The number of hydrogen-bond acceptors (Lipinski definition) is 4. The van der Waals surface area contributed by atoms with Crippen molar-refractivity contribution < 1.29 is 9.47 Å². The van der Waals surface area contributed by atoms with Gasteiger partial charge in [-0.1, -0.05) is 24.6 Å². The molecule has 0 spiro atoms. The van der Waals surface area contributed by atoms with Gasteiger partial charge in [0.05, 0.1) is 17.3 Å². The Labute approximate surface area is 123 Å². The van der Waals surface area contributed by atoms with Gasteiger partial charge in [0.1, 0.15) is 5.75 Å². The van der Waals surface area contributed by atoms with Crippen LogP contribution in [-0.2, 0) is 0 Å². The monoisotopic (exact) mass is 292 g/mol. The second-order valence-electron chi connectivity index (χ2n) is 4.43. The average molecular weight is 293 g/mol. The van der Waals surface area contributed by atoms with Crippen LogP contribution in [0.15, 0.2) is 30.3 Å². The van der Waals surface area contributed by atoms with Crippen LogP contribution >= 0.6 is 11.6 Å². The van der Waals surface area contributed by atoms with Gasteiger partial charge in [-0.2, -0.15) is 4.98 Å². The quantitative estimate of drug-likeness (QED) is 0.897. The topological polar surface area (TPSA) is 57.4 Å². The summed E-state index contributed by atoms with van der Waals surface area (Å²) in [6.45, 7) is 4.54. The SMILES string of the molecule is CCCOc1nc(Oc2ccc(C)cc2Cl)ccc1N. The number of nitrogens with zero attached hydrogens (tertiary/aromatic N) is 1. The van der Waals surface area contributed by atoms with Crippen molar-refractivity contribution >= 4 is 17.3 Å². The first-order valence-corrected chi connectivity index (χ1v) is 6.81. The Morgan fingerprint density at radius 2 is 2.05 bits per heavy atom. The lowest BCUT2D eigenvalue weighted by atomic mass is 10.2. The van der Waals surface area contributed by atoms with E-state index in [1.807, 2.05) is 32.0 Å². The van der Waals surface area contributed by atoms with E-state index >= 15 is 0 Å². The third kappa shape index (κ3) is 3.54. The smallest absolute Gasteiger partial charge is 0.240 e. The number of aromatic nitrogens is 1. The van der Waals surface area contributed by atoms with Crippen molar-refractivity contribution in [2.24, 2.45) is 0 Å². The molecule has 1 aromatic heterocycles. The van der Waals surface area contributed by atoms with Gasteiger partial charge in [0.25, 0.3) is 0 Å². The van der Waals surface area contributed by atoms with E-state index in [1.54, 1.807) is 12.1 Å². The van der Waals surface area contributed by atoms with Crippen LogP contribution in [0.25, 0.3) is 0 Å². The van der Waals surface area contributed by atoms with Gasteiger partial charge in [-0.15, -0.1) is 0 Å². The number of aryl methyl sites for hydroxylation is 1. The van der Waals surface area contributed by atoms with Crippen molar-refractivity contribution in [3.8, 4) is 17.5 Å². The van der Waals surface area contributed by atoms with Crippen LogP contribution in [0.1, 0.15) is 18.9 Å². The van der Waals surface area contributed by atoms with Crippen molar-refractivity contribution in [3.63, 3.8) is 0 Å². The molecular weight excluding hydrogens is 276 g/mol. The number of anilines is 1. The molecule has 0 unspecified atom stereocenters. The van der Waals surface area contributed by atoms with Gasteiger partial charge in [-0.3, -0.25) is 0 Å². The molecule has 5 heteroatoms. The van der Waals surface area contributed by atoms with E-state index in [2.05, 4.69) is 4.98 Å². The Hall–Kier alpha value is -1.94. The zero-order valence-electron chi connectivity index (χ0n) is 11.5. The summed E-state index contributed by atoms with van der Waals surface area (Å²) in [6.07, 6.45) is 0.885. The van der Waals surface area contributed by atoms with E-state index in [9.17, 15) is 0 Å². The van der Waals surface area contributed by atoms with Crippen LogP contribution in [0.2, 0.25) is 5.02 Å². The molecule has 0 radical (unpaired) electrons. The maximum absolute atomic E-state index is 6.13. The number of hydrogen-bond donors (Lipinski definition) is 1. The molecule has 1 aromatic carbocycles. The summed E-state index contributed by atoms with van der Waals surface area (Å²) in [7, 11) is 0. The number of ether oxygens (including phenoxy) is 2. The van der Waals surface area contributed by atoms with Crippen molar-refractivity contribution in [2.75, 3.05) is 12.3 Å². The van der Waals surface area contributed by atoms with Crippen LogP contribution < -0.4 is 15.2 Å². The standard InChI is InChI=1S/C15H17ClN2O2/c1-3-8-19-15-12(17)5-7-14(18-15)20-13-6-4-10(2)9-11(13)16/h4-7,9H,3,8,17H2,1-2H3. The molecule has 0 fully saturated rings. The minimum atomic E-state index is 0.382. The number of nitrogen functional groups attached to an aromatic ring is 1. The van der Waals surface area contributed by atoms with E-state index < -0.39 is 0 Å². The summed E-state index contributed by atoms with van der Waals surface area (Å²) in [5, 5.41) is 0.541. The second kappa shape index (κ2) is 6.48. The molecule has 106 valence electrons. The molecule has 20 heavy (non-hydrogen) atoms. The van der Waals surface area contributed by atoms with Gasteiger partial charge in [0.2, 0.25) is 11.8 Å². The minimum Gasteiger partial charge on any atom is -0.476 e. The lowest BCUT2D eigenvalue weighted by Gasteiger charge is -2.10. The first kappa shape index (κ1) is 14.5. The van der Waals surface area contributed by atoms with Gasteiger partial charge >= 0.3 is 0 Å². The summed E-state index contributed by atoms with van der Waals surface area (Å²) < 4.78 is 11.1. The first-order chi connectivity index (χ1) is 9.60. The molecule has 2 rings (SSSR count). The third-order valence-electron chi connectivity index (χ3n) is 2.61. The van der Waals surface area contributed by atoms with E-state index in [-0.39, 0.29) is 0 Å². The van der Waals surface area contributed by atoms with Crippen LogP contribution in [-0.4, -0.2) is 11.6 Å². The van der Waals surface area contributed by atoms with Gasteiger partial charge < -0.3 is 15.2 Å². The Balaban J connectivity index is 2.20. The van der Waals surface area contributed by atoms with Crippen LogP contribution in [0.4, 0.5) is 5.69 Å². The number of halogens is 1. The van der Waals surface area contributed by atoms with Gasteiger partial charge in [0, 0.05) is 6.07 Å². The molecule has 0 amide bonds. The largest absolute Gasteiger partial charge is 0.476 e. The number of rotatable bonds is 5. The van der Waals surface area contributed by atoms with Gasteiger partial charge in [-0.05, 0) is 37.1 Å². The molecule has 2 aromatic rings. The number of benzene rings is 1. The van der Waals surface area contributed by atoms with E-state index in [0.29, 0.717) is 34.8 Å². The molecule has 1 heterocycles. The molecule has 0 atom stereocenters. The maximum Gasteiger partial charge on any atom is 0.240 e. The van der Waals surface area contributed by atoms with Crippen molar-refractivity contribution in [1.29, 1.82) is 0 Å². The third-order valence-corrected chi connectivity index (χ3v) is 2.90. The summed E-state index contributed by atoms with van der Waals surface area (Å²) in [6, 6.07) is 8.96. The van der Waals surface area contributed by atoms with E-state index in [4.69, 9.17) is 26.8 Å². The molecule has 0 saturated carbocycles. The Morgan fingerprint density at radius 3 is 2.75 bits per heavy atom. The molecule has 2 N–H and O–H groups in total. The van der Waals surface area contributed by atoms with E-state index in [1.165, 1.54) is 0 Å². The van der Waals surface area contributed by atoms with Crippen molar-refractivity contribution in [1.82, 2.24) is 4.98 Å². The zero-order valence-corrected chi connectivity index (χ0v) is 12.3. The Kier molecular flexibility index (Phi) is 4.69.